The third kappa shape index (κ3) is 6.40. The summed E-state index contributed by atoms with van der Waals surface area (Å²) in [6, 6.07) is 15.4. The molecule has 0 amide bonds. The van der Waals surface area contributed by atoms with Crippen LogP contribution >= 0.6 is 0 Å². The average molecular weight is 691 g/mol. The van der Waals surface area contributed by atoms with Crippen LogP contribution in [0.5, 0.6) is 0 Å². The van der Waals surface area contributed by atoms with E-state index in [1.165, 1.54) is 24.3 Å². The van der Waals surface area contributed by atoms with Gasteiger partial charge in [0.25, 0.3) is 20.2 Å². The van der Waals surface area contributed by atoms with Crippen molar-refractivity contribution in [1.82, 2.24) is 0 Å². The molecule has 0 aromatic heterocycles. The maximum absolute atomic E-state index is 14.2. The Hall–Kier alpha value is -4.36. The van der Waals surface area contributed by atoms with Crippen LogP contribution in [0.25, 0.3) is 0 Å². The van der Waals surface area contributed by atoms with Gasteiger partial charge in [-0.1, -0.05) is 52.0 Å². The highest BCUT2D eigenvalue weighted by atomic mass is 32.2. The van der Waals surface area contributed by atoms with Crippen molar-refractivity contribution in [2.45, 2.75) is 76.0 Å². The first kappa shape index (κ1) is 35.0. The average Bonchev–Trinajstić information content (AvgIpc) is 3.03. The molecule has 252 valence electrons. The van der Waals surface area contributed by atoms with E-state index >= 15 is 0 Å². The van der Waals surface area contributed by atoms with Gasteiger partial charge in [-0.25, -0.2) is 0 Å². The fourth-order valence-electron chi connectivity index (χ4n) is 6.12. The van der Waals surface area contributed by atoms with Crippen molar-refractivity contribution >= 4 is 54.6 Å². The SMILES string of the molecule is CCC(C)c1cc(S(=O)(=O)O)cc(C)c1Nc1ccc(Nc2c(C)cc(S(=O)(=O)O)cc2C(C)CC)c2c1C(=O)c1ccccc1C2=O. The summed E-state index contributed by atoms with van der Waals surface area (Å²) in [7, 11) is -8.97. The number of carbonyl (C=O) groups is 2. The second kappa shape index (κ2) is 12.9. The molecule has 0 aliphatic heterocycles. The van der Waals surface area contributed by atoms with Crippen LogP contribution in [0.3, 0.4) is 0 Å². The summed E-state index contributed by atoms with van der Waals surface area (Å²) < 4.78 is 67.9. The topological polar surface area (TPSA) is 167 Å². The van der Waals surface area contributed by atoms with Crippen molar-refractivity contribution in [1.29, 1.82) is 0 Å². The number of aryl methyl sites for hydroxylation is 2. The minimum Gasteiger partial charge on any atom is -0.354 e. The Morgan fingerprint density at radius 3 is 1.29 bits per heavy atom. The summed E-state index contributed by atoms with van der Waals surface area (Å²) in [4.78, 5) is 28.0. The maximum atomic E-state index is 14.2. The summed E-state index contributed by atoms with van der Waals surface area (Å²) in [6.07, 6.45) is 1.31. The second-order valence-corrected chi connectivity index (χ2v) is 15.2. The highest BCUT2D eigenvalue weighted by Gasteiger charge is 2.35. The fourth-order valence-corrected chi connectivity index (χ4v) is 7.32. The van der Waals surface area contributed by atoms with E-state index in [9.17, 15) is 35.5 Å². The smallest absolute Gasteiger partial charge is 0.294 e. The molecule has 10 nitrogen and oxygen atoms in total. The Morgan fingerprint density at radius 1 is 0.625 bits per heavy atom. The van der Waals surface area contributed by atoms with Crippen molar-refractivity contribution in [2.24, 2.45) is 0 Å². The van der Waals surface area contributed by atoms with Crippen molar-refractivity contribution in [3.8, 4) is 0 Å². The fraction of sp³-hybridized carbons (Fsp3) is 0.278. The van der Waals surface area contributed by atoms with Gasteiger partial charge in [-0.15, -0.1) is 0 Å². The lowest BCUT2D eigenvalue weighted by molar-refractivity contribution is 0.0980. The van der Waals surface area contributed by atoms with E-state index in [0.29, 0.717) is 57.8 Å². The van der Waals surface area contributed by atoms with Crippen LogP contribution < -0.4 is 10.6 Å². The standard InChI is InChI=1S/C36H38N2O8S2/c1-7-19(3)27-17-23(47(41,42)43)15-21(5)33(27)37-29-13-14-30(32-31(29)35(39)25-11-9-10-12-26(25)36(32)40)38-34-22(6)16-24(48(44,45)46)18-28(34)20(4)8-2/h9-20,37-38H,7-8H2,1-6H3,(H,41,42,43)(H,44,45,46). The molecule has 0 radical (unpaired) electrons. The maximum Gasteiger partial charge on any atom is 0.294 e. The number of hydrogen-bond donors (Lipinski definition) is 4. The molecule has 4 aromatic carbocycles. The highest BCUT2D eigenvalue weighted by molar-refractivity contribution is 7.86. The molecule has 0 saturated heterocycles. The number of nitrogens with one attached hydrogen (secondary N) is 2. The van der Waals surface area contributed by atoms with Crippen LogP contribution in [-0.4, -0.2) is 37.5 Å². The summed E-state index contributed by atoms with van der Waals surface area (Å²) in [5.41, 5.74) is 4.74. The quantitative estimate of drug-likeness (QED) is 0.105. The molecule has 12 heteroatoms. The highest BCUT2D eigenvalue weighted by Crippen LogP contribution is 2.43. The molecule has 0 saturated carbocycles. The summed E-state index contributed by atoms with van der Waals surface area (Å²) in [5.74, 6) is -1.03. The molecule has 0 fully saturated rings. The molecule has 5 rings (SSSR count). The number of hydrogen-bond acceptors (Lipinski definition) is 8. The van der Waals surface area contributed by atoms with Gasteiger partial charge in [-0.3, -0.25) is 18.7 Å². The number of rotatable bonds is 10. The molecular weight excluding hydrogens is 653 g/mol. The predicted octanol–water partition coefficient (Wildman–Crippen LogP) is 8.09. The van der Waals surface area contributed by atoms with E-state index in [0.717, 1.165) is 0 Å². The normalized spacial score (nSPS) is 14.2. The minimum absolute atomic E-state index is 0.120. The number of ketones is 2. The van der Waals surface area contributed by atoms with Crippen molar-refractivity contribution in [3.05, 3.63) is 105 Å². The Balaban J connectivity index is 1.75. The molecule has 2 atom stereocenters. The lowest BCUT2D eigenvalue weighted by Gasteiger charge is -2.27. The molecular formula is C36H38N2O8S2. The predicted molar refractivity (Wildman–Crippen MR) is 186 cm³/mol. The zero-order valence-corrected chi connectivity index (χ0v) is 29.1. The third-order valence-corrected chi connectivity index (χ3v) is 10.8. The van der Waals surface area contributed by atoms with Gasteiger partial charge in [0.05, 0.1) is 32.3 Å². The first-order valence-electron chi connectivity index (χ1n) is 15.6. The Bertz CT molecular complexity index is 2050. The van der Waals surface area contributed by atoms with Gasteiger partial charge in [0.2, 0.25) is 0 Å². The zero-order valence-electron chi connectivity index (χ0n) is 27.5. The minimum atomic E-state index is -4.49. The third-order valence-electron chi connectivity index (χ3n) is 9.16. The number of benzene rings is 4. The first-order chi connectivity index (χ1) is 22.5. The molecule has 0 bridgehead atoms. The van der Waals surface area contributed by atoms with Gasteiger partial charge in [-0.05, 0) is 97.2 Å². The number of carbonyl (C=O) groups excluding carboxylic acids is 2. The van der Waals surface area contributed by atoms with Gasteiger partial charge < -0.3 is 10.6 Å². The largest absolute Gasteiger partial charge is 0.354 e. The molecule has 4 aromatic rings. The van der Waals surface area contributed by atoms with Crippen LogP contribution in [0.15, 0.2) is 70.5 Å². The Morgan fingerprint density at radius 2 is 0.979 bits per heavy atom. The Kier molecular flexibility index (Phi) is 9.41. The molecule has 0 spiro atoms. The molecule has 1 aliphatic rings. The van der Waals surface area contributed by atoms with E-state index in [4.69, 9.17) is 0 Å². The number of anilines is 4. The van der Waals surface area contributed by atoms with Crippen molar-refractivity contribution in [3.63, 3.8) is 0 Å². The van der Waals surface area contributed by atoms with Gasteiger partial charge in [0.15, 0.2) is 11.6 Å². The van der Waals surface area contributed by atoms with Gasteiger partial charge in [0.1, 0.15) is 0 Å². The first-order valence-corrected chi connectivity index (χ1v) is 18.5. The number of fused-ring (bicyclic) bond motifs is 2. The van der Waals surface area contributed by atoms with Crippen LogP contribution in [0.2, 0.25) is 0 Å². The van der Waals surface area contributed by atoms with E-state index in [2.05, 4.69) is 10.6 Å². The summed E-state index contributed by atoms with van der Waals surface area (Å²) in [6.45, 7) is 11.1. The summed E-state index contributed by atoms with van der Waals surface area (Å²) in [5, 5.41) is 6.68. The van der Waals surface area contributed by atoms with E-state index < -0.39 is 20.2 Å². The second-order valence-electron chi connectivity index (χ2n) is 12.3. The summed E-state index contributed by atoms with van der Waals surface area (Å²) >= 11 is 0. The van der Waals surface area contributed by atoms with Crippen molar-refractivity contribution < 1.29 is 35.5 Å². The molecule has 2 unspecified atom stereocenters. The van der Waals surface area contributed by atoms with Gasteiger partial charge >= 0.3 is 0 Å². The van der Waals surface area contributed by atoms with E-state index in [-0.39, 0.29) is 55.4 Å². The lowest BCUT2D eigenvalue weighted by Crippen LogP contribution is -2.24. The van der Waals surface area contributed by atoms with Crippen LogP contribution in [0.4, 0.5) is 22.7 Å². The molecule has 0 heterocycles. The monoisotopic (exact) mass is 690 g/mol. The van der Waals surface area contributed by atoms with Crippen LogP contribution in [-0.2, 0) is 20.2 Å². The van der Waals surface area contributed by atoms with Gasteiger partial charge in [0, 0.05) is 22.5 Å². The van der Waals surface area contributed by atoms with Gasteiger partial charge in [-0.2, -0.15) is 16.8 Å². The molecule has 1 aliphatic carbocycles. The van der Waals surface area contributed by atoms with E-state index in [1.807, 2.05) is 27.7 Å². The molecule has 4 N–H and O–H groups in total. The Labute approximate surface area is 281 Å². The van der Waals surface area contributed by atoms with E-state index in [1.54, 1.807) is 50.2 Å². The van der Waals surface area contributed by atoms with Crippen LogP contribution in [0.1, 0.15) is 106 Å². The molecule has 48 heavy (non-hydrogen) atoms. The lowest BCUT2D eigenvalue weighted by atomic mass is 9.82. The van der Waals surface area contributed by atoms with Crippen LogP contribution in [0, 0.1) is 13.8 Å². The zero-order chi connectivity index (χ0) is 35.3. The van der Waals surface area contributed by atoms with Crippen molar-refractivity contribution in [2.75, 3.05) is 10.6 Å².